The van der Waals surface area contributed by atoms with E-state index >= 15 is 0 Å². The third-order valence-electron chi connectivity index (χ3n) is 2.86. The molecule has 0 radical (unpaired) electrons. The number of allylic oxidation sites excluding steroid dienone is 1. The van der Waals surface area contributed by atoms with Gasteiger partial charge in [-0.25, -0.2) is 13.6 Å². The molecule has 0 aliphatic heterocycles. The number of carbonyl (C=O) groups excluding carboxylic acids is 1. The maximum atomic E-state index is 13.9. The standard InChI is InChI=1S/C13H9ClF7N3O2S/c1-4(10(8(22)11(23)25)27(26)13(19,20)21)24-9-6(14)2-5(3-7(9)15)12(16,17)18/h2-3H,22H2,1H3,(H2,23,25). The highest BCUT2D eigenvalue weighted by Gasteiger charge is 2.42. The highest BCUT2D eigenvalue weighted by Crippen LogP contribution is 2.37. The summed E-state index contributed by atoms with van der Waals surface area (Å²) in [6, 6.07) is 0.303. The van der Waals surface area contributed by atoms with Gasteiger partial charge in [-0.05, 0) is 19.1 Å². The van der Waals surface area contributed by atoms with Crippen molar-refractivity contribution in [1.29, 1.82) is 0 Å². The highest BCUT2D eigenvalue weighted by atomic mass is 35.5. The number of benzene rings is 1. The number of aliphatic imine (C=N–C) groups is 1. The molecule has 1 aromatic carbocycles. The van der Waals surface area contributed by atoms with E-state index in [0.29, 0.717) is 0 Å². The first-order valence-corrected chi connectivity index (χ1v) is 8.00. The molecular weight excluding hydrogens is 431 g/mol. The van der Waals surface area contributed by atoms with Gasteiger partial charge >= 0.3 is 11.7 Å². The van der Waals surface area contributed by atoms with Gasteiger partial charge in [0.15, 0.2) is 16.6 Å². The van der Waals surface area contributed by atoms with Crippen molar-refractivity contribution in [2.45, 2.75) is 18.6 Å². The summed E-state index contributed by atoms with van der Waals surface area (Å²) in [6.07, 6.45) is -4.94. The van der Waals surface area contributed by atoms with Gasteiger partial charge in [0, 0.05) is 0 Å². The molecule has 14 heteroatoms. The summed E-state index contributed by atoms with van der Waals surface area (Å²) in [7, 11) is -3.88. The molecule has 0 aromatic heterocycles. The van der Waals surface area contributed by atoms with Gasteiger partial charge < -0.3 is 11.5 Å². The van der Waals surface area contributed by atoms with Gasteiger partial charge in [0.2, 0.25) is 0 Å². The zero-order valence-electron chi connectivity index (χ0n) is 13.0. The Hall–Kier alpha value is -2.15. The minimum absolute atomic E-state index is 0.0134. The van der Waals surface area contributed by atoms with Crippen molar-refractivity contribution >= 4 is 39.7 Å². The van der Waals surface area contributed by atoms with Crippen molar-refractivity contribution in [3.63, 3.8) is 0 Å². The molecule has 0 saturated carbocycles. The molecule has 0 aliphatic rings. The second kappa shape index (κ2) is 7.84. The second-order valence-electron chi connectivity index (χ2n) is 4.80. The number of alkyl halides is 6. The topological polar surface area (TPSA) is 98.5 Å². The van der Waals surface area contributed by atoms with E-state index in [-0.39, 0.29) is 12.1 Å². The molecule has 27 heavy (non-hydrogen) atoms. The fraction of sp³-hybridized carbons (Fsp3) is 0.231. The number of carbonyl (C=O) groups is 1. The predicted molar refractivity (Wildman–Crippen MR) is 83.8 cm³/mol. The second-order valence-corrected chi connectivity index (χ2v) is 6.62. The lowest BCUT2D eigenvalue weighted by Crippen LogP contribution is -2.30. The van der Waals surface area contributed by atoms with Crippen LogP contribution in [0.3, 0.4) is 0 Å². The lowest BCUT2D eigenvalue weighted by molar-refractivity contribution is -0.137. The molecule has 1 atom stereocenters. The quantitative estimate of drug-likeness (QED) is 0.426. The molecule has 1 rings (SSSR count). The summed E-state index contributed by atoms with van der Waals surface area (Å²) < 4.78 is 102. The molecule has 150 valence electrons. The number of nitrogens with zero attached hydrogens (tertiary/aromatic N) is 1. The lowest BCUT2D eigenvalue weighted by atomic mass is 10.2. The Kier molecular flexibility index (Phi) is 6.65. The van der Waals surface area contributed by atoms with Crippen LogP contribution in [-0.4, -0.2) is 21.3 Å². The molecule has 5 nitrogen and oxygen atoms in total. The maximum absolute atomic E-state index is 13.9. The summed E-state index contributed by atoms with van der Waals surface area (Å²) in [5.41, 5.74) is -0.0770. The lowest BCUT2D eigenvalue weighted by Gasteiger charge is -2.13. The smallest absolute Gasteiger partial charge is 0.393 e. The largest absolute Gasteiger partial charge is 0.476 e. The molecular formula is C13H9ClF7N3O2S. The Bertz CT molecular complexity index is 839. The van der Waals surface area contributed by atoms with E-state index in [1.807, 2.05) is 0 Å². The van der Waals surface area contributed by atoms with Crippen molar-refractivity contribution < 1.29 is 39.7 Å². The SMILES string of the molecule is CC(=Nc1c(F)cc(C(F)(F)F)cc1Cl)C(=C(N)C(N)=O)S(=O)C(F)(F)F. The van der Waals surface area contributed by atoms with E-state index in [1.54, 1.807) is 0 Å². The number of amides is 1. The van der Waals surface area contributed by atoms with Crippen LogP contribution in [0.1, 0.15) is 12.5 Å². The summed E-state index contributed by atoms with van der Waals surface area (Å²) in [5.74, 6) is -3.19. The molecule has 0 spiro atoms. The van der Waals surface area contributed by atoms with E-state index in [1.165, 1.54) is 0 Å². The van der Waals surface area contributed by atoms with Gasteiger partial charge in [-0.1, -0.05) is 11.6 Å². The van der Waals surface area contributed by atoms with Crippen molar-refractivity contribution in [3.05, 3.63) is 39.1 Å². The van der Waals surface area contributed by atoms with E-state index in [2.05, 4.69) is 4.99 Å². The Morgan fingerprint density at radius 2 is 1.67 bits per heavy atom. The number of rotatable bonds is 4. The Morgan fingerprint density at radius 1 is 1.15 bits per heavy atom. The first-order chi connectivity index (χ1) is 12.1. The van der Waals surface area contributed by atoms with Crippen LogP contribution in [0.15, 0.2) is 27.7 Å². The van der Waals surface area contributed by atoms with Crippen LogP contribution in [0.4, 0.5) is 36.4 Å². The number of hydrogen-bond acceptors (Lipinski definition) is 4. The number of halogens is 8. The zero-order chi connectivity index (χ0) is 21.3. The van der Waals surface area contributed by atoms with Crippen LogP contribution in [-0.2, 0) is 21.8 Å². The summed E-state index contributed by atoms with van der Waals surface area (Å²) in [5, 5.41) is -0.892. The van der Waals surface area contributed by atoms with Gasteiger partial charge in [-0.2, -0.15) is 26.3 Å². The molecule has 1 unspecified atom stereocenters. The van der Waals surface area contributed by atoms with Crippen molar-refractivity contribution in [2.24, 2.45) is 16.5 Å². The molecule has 0 bridgehead atoms. The predicted octanol–water partition coefficient (Wildman–Crippen LogP) is 3.51. The summed E-state index contributed by atoms with van der Waals surface area (Å²) >= 11 is 5.52. The maximum Gasteiger partial charge on any atom is 0.476 e. The molecule has 0 fully saturated rings. The van der Waals surface area contributed by atoms with Crippen LogP contribution in [0, 0.1) is 5.82 Å². The van der Waals surface area contributed by atoms with Gasteiger partial charge in [0.25, 0.3) is 5.91 Å². The van der Waals surface area contributed by atoms with E-state index in [9.17, 15) is 39.7 Å². The monoisotopic (exact) mass is 439 g/mol. The summed E-state index contributed by atoms with van der Waals surface area (Å²) in [6.45, 7) is 0.766. The molecule has 0 heterocycles. The average molecular weight is 440 g/mol. The fourth-order valence-electron chi connectivity index (χ4n) is 1.71. The third-order valence-corrected chi connectivity index (χ3v) is 4.45. The van der Waals surface area contributed by atoms with Gasteiger partial charge in [-0.3, -0.25) is 4.79 Å². The van der Waals surface area contributed by atoms with Gasteiger partial charge in [0.05, 0.1) is 21.2 Å². The average Bonchev–Trinajstić information content (AvgIpc) is 2.48. The molecule has 0 saturated heterocycles. The molecule has 4 N–H and O–H groups in total. The van der Waals surface area contributed by atoms with E-state index in [0.717, 1.165) is 6.92 Å². The minimum Gasteiger partial charge on any atom is -0.393 e. The van der Waals surface area contributed by atoms with Crippen LogP contribution in [0.25, 0.3) is 0 Å². The first-order valence-electron chi connectivity index (χ1n) is 6.47. The van der Waals surface area contributed by atoms with E-state index < -0.39 is 66.8 Å². The third kappa shape index (κ3) is 5.42. The van der Waals surface area contributed by atoms with Crippen LogP contribution in [0.5, 0.6) is 0 Å². The normalized spacial score (nSPS) is 15.4. The van der Waals surface area contributed by atoms with Gasteiger partial charge in [0.1, 0.15) is 11.4 Å². The van der Waals surface area contributed by atoms with Gasteiger partial charge in [-0.15, -0.1) is 0 Å². The van der Waals surface area contributed by atoms with E-state index in [4.69, 9.17) is 23.1 Å². The fourth-order valence-corrected chi connectivity index (χ4v) is 2.81. The molecule has 0 aliphatic carbocycles. The van der Waals surface area contributed by atoms with Crippen molar-refractivity contribution in [3.8, 4) is 0 Å². The number of nitrogens with two attached hydrogens (primary N) is 2. The number of primary amides is 1. The Labute approximate surface area is 154 Å². The molecule has 1 amide bonds. The van der Waals surface area contributed by atoms with Crippen LogP contribution in [0.2, 0.25) is 5.02 Å². The van der Waals surface area contributed by atoms with Crippen LogP contribution < -0.4 is 11.5 Å². The molecule has 1 aromatic rings. The Balaban J connectivity index is 3.63. The first kappa shape index (κ1) is 22.9. The van der Waals surface area contributed by atoms with Crippen LogP contribution >= 0.6 is 11.6 Å². The highest BCUT2D eigenvalue weighted by molar-refractivity contribution is 7.91. The minimum atomic E-state index is -5.38. The number of hydrogen-bond donors (Lipinski definition) is 2. The Morgan fingerprint density at radius 3 is 2.04 bits per heavy atom. The summed E-state index contributed by atoms with van der Waals surface area (Å²) in [4.78, 5) is 13.0. The van der Waals surface area contributed by atoms with Crippen molar-refractivity contribution in [1.82, 2.24) is 0 Å². The van der Waals surface area contributed by atoms with Crippen molar-refractivity contribution in [2.75, 3.05) is 0 Å². The zero-order valence-corrected chi connectivity index (χ0v) is 14.6.